The summed E-state index contributed by atoms with van der Waals surface area (Å²) in [5.74, 6) is 0.691. The van der Waals surface area contributed by atoms with Gasteiger partial charge in [-0.05, 0) is 25.5 Å². The Kier molecular flexibility index (Phi) is 4.26. The van der Waals surface area contributed by atoms with E-state index in [1.54, 1.807) is 26.0 Å². The van der Waals surface area contributed by atoms with Gasteiger partial charge in [0, 0.05) is 23.6 Å². The summed E-state index contributed by atoms with van der Waals surface area (Å²) in [6.07, 6.45) is 0. The summed E-state index contributed by atoms with van der Waals surface area (Å²) < 4.78 is 15.4. The predicted molar refractivity (Wildman–Crippen MR) is 87.6 cm³/mol. The molecule has 0 unspecified atom stereocenters. The van der Waals surface area contributed by atoms with Crippen LogP contribution >= 0.6 is 11.6 Å². The lowest BCUT2D eigenvalue weighted by Gasteiger charge is -2.09. The molecule has 0 spiro atoms. The number of nitrogens with one attached hydrogen (secondary N) is 1. The van der Waals surface area contributed by atoms with Gasteiger partial charge in [-0.3, -0.25) is 4.79 Å². The van der Waals surface area contributed by atoms with Crippen molar-refractivity contribution in [1.82, 2.24) is 5.16 Å². The molecule has 0 saturated heterocycles. The van der Waals surface area contributed by atoms with E-state index in [9.17, 15) is 9.59 Å². The Morgan fingerprint density at radius 3 is 2.79 bits per heavy atom. The molecule has 1 aromatic carbocycles. The Morgan fingerprint density at radius 2 is 2.08 bits per heavy atom. The summed E-state index contributed by atoms with van der Waals surface area (Å²) in [5.41, 5.74) is 0.619. The first kappa shape index (κ1) is 16.1. The van der Waals surface area contributed by atoms with Crippen LogP contribution in [0, 0.1) is 13.8 Å². The van der Waals surface area contributed by atoms with Crippen molar-refractivity contribution in [3.05, 3.63) is 51.0 Å². The molecule has 0 radical (unpaired) electrons. The van der Waals surface area contributed by atoms with E-state index in [-0.39, 0.29) is 12.4 Å². The van der Waals surface area contributed by atoms with E-state index in [1.807, 2.05) is 0 Å². The SMILES string of the molecule is Cc1cc(NC(=O)COc2cc3oc(=O)cc(C)c3cc2Cl)no1. The molecule has 0 atom stereocenters. The van der Waals surface area contributed by atoms with Crippen molar-refractivity contribution in [1.29, 1.82) is 0 Å². The Balaban J connectivity index is 1.76. The highest BCUT2D eigenvalue weighted by Crippen LogP contribution is 2.31. The van der Waals surface area contributed by atoms with Gasteiger partial charge >= 0.3 is 5.63 Å². The van der Waals surface area contributed by atoms with Crippen molar-refractivity contribution in [2.24, 2.45) is 0 Å². The molecule has 0 aliphatic carbocycles. The molecule has 7 nitrogen and oxygen atoms in total. The van der Waals surface area contributed by atoms with Crippen molar-refractivity contribution in [2.45, 2.75) is 13.8 Å². The van der Waals surface area contributed by atoms with Crippen molar-refractivity contribution in [2.75, 3.05) is 11.9 Å². The summed E-state index contributed by atoms with van der Waals surface area (Å²) >= 11 is 6.16. The number of anilines is 1. The Labute approximate surface area is 141 Å². The molecule has 24 heavy (non-hydrogen) atoms. The third-order valence-corrected chi connectivity index (χ3v) is 3.55. The number of nitrogens with zero attached hydrogens (tertiary/aromatic N) is 1. The lowest BCUT2D eigenvalue weighted by molar-refractivity contribution is -0.118. The summed E-state index contributed by atoms with van der Waals surface area (Å²) in [7, 11) is 0. The molecule has 0 fully saturated rings. The van der Waals surface area contributed by atoms with Crippen LogP contribution < -0.4 is 15.7 Å². The summed E-state index contributed by atoms with van der Waals surface area (Å²) in [6, 6.07) is 6.08. The van der Waals surface area contributed by atoms with Crippen molar-refractivity contribution >= 4 is 34.3 Å². The Morgan fingerprint density at radius 1 is 1.29 bits per heavy atom. The smallest absolute Gasteiger partial charge is 0.336 e. The highest BCUT2D eigenvalue weighted by Gasteiger charge is 2.12. The third kappa shape index (κ3) is 3.41. The van der Waals surface area contributed by atoms with Gasteiger partial charge in [-0.15, -0.1) is 0 Å². The van der Waals surface area contributed by atoms with E-state index in [1.165, 1.54) is 12.1 Å². The zero-order valence-corrected chi connectivity index (χ0v) is 13.6. The second kappa shape index (κ2) is 6.37. The zero-order valence-electron chi connectivity index (χ0n) is 12.9. The van der Waals surface area contributed by atoms with Gasteiger partial charge in [-0.2, -0.15) is 0 Å². The number of ether oxygens (including phenoxy) is 1. The maximum Gasteiger partial charge on any atom is 0.336 e. The molecule has 124 valence electrons. The van der Waals surface area contributed by atoms with Crippen LogP contribution in [0.4, 0.5) is 5.82 Å². The molecule has 1 amide bonds. The van der Waals surface area contributed by atoms with Crippen LogP contribution in [-0.4, -0.2) is 17.7 Å². The number of rotatable bonds is 4. The fourth-order valence-electron chi connectivity index (χ4n) is 2.18. The van der Waals surface area contributed by atoms with Gasteiger partial charge in [-0.25, -0.2) is 4.79 Å². The highest BCUT2D eigenvalue weighted by molar-refractivity contribution is 6.32. The first-order valence-corrected chi connectivity index (χ1v) is 7.40. The molecule has 2 aromatic heterocycles. The number of amides is 1. The van der Waals surface area contributed by atoms with E-state index >= 15 is 0 Å². The molecule has 3 rings (SSSR count). The van der Waals surface area contributed by atoms with E-state index in [0.717, 1.165) is 5.56 Å². The number of hydrogen-bond donors (Lipinski definition) is 1. The number of benzene rings is 1. The number of carbonyl (C=O) groups excluding carboxylic acids is 1. The lowest BCUT2D eigenvalue weighted by atomic mass is 10.1. The molecule has 0 aliphatic rings. The number of fused-ring (bicyclic) bond motifs is 1. The molecular formula is C16H13ClN2O5. The van der Waals surface area contributed by atoms with Gasteiger partial charge in [0.15, 0.2) is 12.4 Å². The van der Waals surface area contributed by atoms with Gasteiger partial charge in [0.1, 0.15) is 17.1 Å². The second-order valence-electron chi connectivity index (χ2n) is 5.19. The van der Waals surface area contributed by atoms with Crippen LogP contribution in [0.15, 0.2) is 38.0 Å². The topological polar surface area (TPSA) is 94.6 Å². The summed E-state index contributed by atoms with van der Waals surface area (Å²) in [6.45, 7) is 3.21. The highest BCUT2D eigenvalue weighted by atomic mass is 35.5. The molecule has 8 heteroatoms. The van der Waals surface area contributed by atoms with Crippen LogP contribution in [-0.2, 0) is 4.79 Å². The molecule has 0 aliphatic heterocycles. The van der Waals surface area contributed by atoms with E-state index in [2.05, 4.69) is 10.5 Å². The van der Waals surface area contributed by atoms with Gasteiger partial charge in [0.05, 0.1) is 5.02 Å². The fourth-order valence-corrected chi connectivity index (χ4v) is 2.40. The number of aromatic nitrogens is 1. The van der Waals surface area contributed by atoms with Crippen LogP contribution in [0.25, 0.3) is 11.0 Å². The van der Waals surface area contributed by atoms with Gasteiger partial charge in [0.2, 0.25) is 0 Å². The largest absolute Gasteiger partial charge is 0.482 e. The number of halogens is 1. The standard InChI is InChI=1S/C16H13ClN2O5/c1-8-3-16(21)23-12-6-13(11(17)5-10(8)12)22-7-15(20)18-14-4-9(2)24-19-14/h3-6H,7H2,1-2H3,(H,18,19,20). The van der Waals surface area contributed by atoms with Crippen molar-refractivity contribution in [3.63, 3.8) is 0 Å². The predicted octanol–water partition coefficient (Wildman–Crippen LogP) is 3.07. The van der Waals surface area contributed by atoms with Crippen LogP contribution in [0.3, 0.4) is 0 Å². The van der Waals surface area contributed by atoms with Crippen molar-refractivity contribution < 1.29 is 18.5 Å². The first-order valence-electron chi connectivity index (χ1n) is 7.02. The fraction of sp³-hybridized carbons (Fsp3) is 0.188. The van der Waals surface area contributed by atoms with E-state index in [4.69, 9.17) is 25.3 Å². The molecule has 1 N–H and O–H groups in total. The monoisotopic (exact) mass is 348 g/mol. The normalized spacial score (nSPS) is 10.8. The van der Waals surface area contributed by atoms with Gasteiger partial charge in [0.25, 0.3) is 5.91 Å². The maximum atomic E-state index is 11.8. The Hall–Kier alpha value is -2.80. The Bertz CT molecular complexity index is 976. The first-order chi connectivity index (χ1) is 11.4. The number of aryl methyl sites for hydroxylation is 2. The molecule has 0 bridgehead atoms. The van der Waals surface area contributed by atoms with Crippen LogP contribution in [0.1, 0.15) is 11.3 Å². The average molecular weight is 349 g/mol. The second-order valence-corrected chi connectivity index (χ2v) is 5.59. The summed E-state index contributed by atoms with van der Waals surface area (Å²) in [4.78, 5) is 23.3. The van der Waals surface area contributed by atoms with Crippen molar-refractivity contribution in [3.8, 4) is 5.75 Å². The molecule has 3 aromatic rings. The lowest BCUT2D eigenvalue weighted by Crippen LogP contribution is -2.20. The van der Waals surface area contributed by atoms with Crippen LogP contribution in [0.5, 0.6) is 5.75 Å². The molecule has 0 saturated carbocycles. The molecule has 2 heterocycles. The van der Waals surface area contributed by atoms with Gasteiger partial charge in [-0.1, -0.05) is 16.8 Å². The third-order valence-electron chi connectivity index (χ3n) is 3.26. The minimum absolute atomic E-state index is 0.240. The molecular weight excluding hydrogens is 336 g/mol. The number of carbonyl (C=O) groups is 1. The van der Waals surface area contributed by atoms with E-state index in [0.29, 0.717) is 27.6 Å². The zero-order chi connectivity index (χ0) is 17.3. The van der Waals surface area contributed by atoms with E-state index < -0.39 is 11.5 Å². The number of hydrogen-bond acceptors (Lipinski definition) is 6. The average Bonchev–Trinajstić information content (AvgIpc) is 2.91. The summed E-state index contributed by atoms with van der Waals surface area (Å²) in [5, 5.41) is 7.19. The van der Waals surface area contributed by atoms with Crippen LogP contribution in [0.2, 0.25) is 5.02 Å². The minimum atomic E-state index is -0.465. The minimum Gasteiger partial charge on any atom is -0.482 e. The maximum absolute atomic E-state index is 11.8. The quantitative estimate of drug-likeness (QED) is 0.728. The van der Waals surface area contributed by atoms with Gasteiger partial charge < -0.3 is 19.0 Å².